The maximum absolute atomic E-state index is 12.7. The molecule has 0 fully saturated rings. The first-order valence-electron chi connectivity index (χ1n) is 3.55. The average molecular weight is 211 g/mol. The van der Waals surface area contributed by atoms with Gasteiger partial charge in [0.05, 0.1) is 18.3 Å². The Bertz CT molecular complexity index is 442. The summed E-state index contributed by atoms with van der Waals surface area (Å²) in [5, 5.41) is 3.31. The van der Waals surface area contributed by atoms with Gasteiger partial charge in [0.25, 0.3) is 0 Å². The number of azide groups is 1. The van der Waals surface area contributed by atoms with E-state index in [0.717, 1.165) is 6.20 Å². The Morgan fingerprint density at radius 1 is 1.71 bits per heavy atom. The maximum Gasteiger partial charge on any atom is 0.144 e. The molecule has 0 amide bonds. The van der Waals surface area contributed by atoms with E-state index in [0.29, 0.717) is 0 Å². The number of aromatic nitrogens is 1. The first-order chi connectivity index (χ1) is 6.74. The quantitative estimate of drug-likeness (QED) is 0.231. The van der Waals surface area contributed by atoms with Crippen LogP contribution in [0.15, 0.2) is 17.4 Å². The first kappa shape index (κ1) is 10.3. The van der Waals surface area contributed by atoms with Gasteiger partial charge < -0.3 is 0 Å². The van der Waals surface area contributed by atoms with Gasteiger partial charge in [0, 0.05) is 4.91 Å². The zero-order valence-corrected chi connectivity index (χ0v) is 7.66. The molecule has 0 aliphatic rings. The van der Waals surface area contributed by atoms with Crippen molar-refractivity contribution in [2.24, 2.45) is 5.11 Å². The van der Waals surface area contributed by atoms with Crippen LogP contribution in [0.1, 0.15) is 5.56 Å². The van der Waals surface area contributed by atoms with Crippen molar-refractivity contribution in [2.75, 3.05) is 6.54 Å². The molecule has 0 aliphatic heterocycles. The molecule has 0 N–H and O–H groups in total. The van der Waals surface area contributed by atoms with Crippen LogP contribution in [0.2, 0.25) is 5.15 Å². The molecule has 1 aromatic rings. The third-order valence-corrected chi connectivity index (χ3v) is 1.54. The van der Waals surface area contributed by atoms with Crippen molar-refractivity contribution in [3.8, 4) is 11.8 Å². The molecule has 1 aromatic heterocycles. The van der Waals surface area contributed by atoms with Crippen LogP contribution in [0.5, 0.6) is 0 Å². The first-order valence-corrected chi connectivity index (χ1v) is 3.92. The molecule has 4 nitrogen and oxygen atoms in total. The van der Waals surface area contributed by atoms with Crippen molar-refractivity contribution < 1.29 is 4.39 Å². The zero-order chi connectivity index (χ0) is 10.4. The lowest BCUT2D eigenvalue weighted by molar-refractivity contribution is 0.621. The van der Waals surface area contributed by atoms with Gasteiger partial charge in [-0.2, -0.15) is 0 Å². The number of halogens is 2. The van der Waals surface area contributed by atoms with Crippen LogP contribution in [0.3, 0.4) is 0 Å². The summed E-state index contributed by atoms with van der Waals surface area (Å²) in [6.45, 7) is 0.0172. The van der Waals surface area contributed by atoms with E-state index in [1.807, 2.05) is 0 Å². The van der Waals surface area contributed by atoms with Gasteiger partial charge in [-0.15, -0.1) is 0 Å². The van der Waals surface area contributed by atoms with E-state index in [9.17, 15) is 4.39 Å². The fourth-order valence-corrected chi connectivity index (χ4v) is 0.863. The molecule has 0 atom stereocenters. The topological polar surface area (TPSA) is 61.7 Å². The molecule has 6 heteroatoms. The number of rotatable bonds is 1. The zero-order valence-electron chi connectivity index (χ0n) is 6.91. The van der Waals surface area contributed by atoms with Crippen molar-refractivity contribution in [3.05, 3.63) is 39.2 Å². The Morgan fingerprint density at radius 3 is 3.21 bits per heavy atom. The summed E-state index contributed by atoms with van der Waals surface area (Å²) in [5.41, 5.74) is 8.23. The fraction of sp³-hybridized carbons (Fsp3) is 0.125. The van der Waals surface area contributed by atoms with Gasteiger partial charge in [-0.1, -0.05) is 28.6 Å². The Kier molecular flexibility index (Phi) is 3.74. The number of nitrogens with zero attached hydrogens (tertiary/aromatic N) is 4. The van der Waals surface area contributed by atoms with Gasteiger partial charge in [0.15, 0.2) is 0 Å². The summed E-state index contributed by atoms with van der Waals surface area (Å²) in [4.78, 5) is 6.07. The van der Waals surface area contributed by atoms with E-state index in [1.165, 1.54) is 6.07 Å². The Balaban J connectivity index is 2.88. The molecular weight excluding hydrogens is 207 g/mol. The Labute approximate surface area is 84.3 Å². The van der Waals surface area contributed by atoms with Gasteiger partial charge in [0.1, 0.15) is 11.0 Å². The molecule has 1 heterocycles. The average Bonchev–Trinajstić information content (AvgIpc) is 2.18. The van der Waals surface area contributed by atoms with Crippen LogP contribution in [-0.4, -0.2) is 11.5 Å². The molecule has 0 saturated heterocycles. The third-order valence-electron chi connectivity index (χ3n) is 1.24. The highest BCUT2D eigenvalue weighted by atomic mass is 35.5. The summed E-state index contributed by atoms with van der Waals surface area (Å²) in [5.74, 6) is 4.54. The largest absolute Gasteiger partial charge is 0.240 e. The second-order valence-corrected chi connectivity index (χ2v) is 2.54. The smallest absolute Gasteiger partial charge is 0.144 e. The van der Waals surface area contributed by atoms with E-state index >= 15 is 0 Å². The number of hydrogen-bond acceptors (Lipinski definition) is 2. The summed E-state index contributed by atoms with van der Waals surface area (Å²) in [7, 11) is 0. The highest BCUT2D eigenvalue weighted by Gasteiger charge is 1.99. The molecular formula is C8H4ClFN4. The van der Waals surface area contributed by atoms with Crippen LogP contribution >= 0.6 is 11.6 Å². The van der Waals surface area contributed by atoms with E-state index in [1.54, 1.807) is 0 Å². The van der Waals surface area contributed by atoms with E-state index in [4.69, 9.17) is 17.1 Å². The van der Waals surface area contributed by atoms with Crippen LogP contribution in [0.25, 0.3) is 10.4 Å². The van der Waals surface area contributed by atoms with Gasteiger partial charge in [-0.25, -0.2) is 9.37 Å². The minimum atomic E-state index is -0.512. The molecule has 0 aromatic carbocycles. The number of hydrogen-bond donors (Lipinski definition) is 0. The van der Waals surface area contributed by atoms with Gasteiger partial charge in [-0.3, -0.25) is 0 Å². The number of pyridine rings is 1. The summed E-state index contributed by atoms with van der Waals surface area (Å²) >= 11 is 5.63. The molecule has 0 bridgehead atoms. The van der Waals surface area contributed by atoms with E-state index in [2.05, 4.69) is 26.9 Å². The molecule has 0 aliphatic carbocycles. The third kappa shape index (κ3) is 2.94. The lowest BCUT2D eigenvalue weighted by atomic mass is 10.3. The molecule has 0 saturated carbocycles. The second kappa shape index (κ2) is 5.07. The molecule has 70 valence electrons. The van der Waals surface area contributed by atoms with Crippen LogP contribution in [-0.2, 0) is 0 Å². The van der Waals surface area contributed by atoms with E-state index < -0.39 is 5.82 Å². The van der Waals surface area contributed by atoms with Crippen molar-refractivity contribution in [1.29, 1.82) is 0 Å². The Morgan fingerprint density at radius 2 is 2.50 bits per heavy atom. The van der Waals surface area contributed by atoms with Crippen molar-refractivity contribution in [3.63, 3.8) is 0 Å². The molecule has 14 heavy (non-hydrogen) atoms. The van der Waals surface area contributed by atoms with Gasteiger partial charge >= 0.3 is 0 Å². The Hall–Kier alpha value is -1.76. The maximum atomic E-state index is 12.7. The van der Waals surface area contributed by atoms with Crippen LogP contribution in [0, 0.1) is 17.7 Å². The SMILES string of the molecule is [N-]=[N+]=NCC#Cc1cc(F)cnc1Cl. The summed E-state index contributed by atoms with van der Waals surface area (Å²) in [6.07, 6.45) is 1.00. The highest BCUT2D eigenvalue weighted by molar-refractivity contribution is 6.30. The molecule has 1 rings (SSSR count). The molecule has 0 radical (unpaired) electrons. The monoisotopic (exact) mass is 210 g/mol. The lowest BCUT2D eigenvalue weighted by Crippen LogP contribution is -1.85. The predicted octanol–water partition coefficient (Wildman–Crippen LogP) is 2.54. The second-order valence-electron chi connectivity index (χ2n) is 2.18. The van der Waals surface area contributed by atoms with Crippen molar-refractivity contribution in [1.82, 2.24) is 4.98 Å². The predicted molar refractivity (Wildman–Crippen MR) is 50.1 cm³/mol. The lowest BCUT2D eigenvalue weighted by Gasteiger charge is -1.93. The normalized spacial score (nSPS) is 8.43. The molecule has 0 spiro atoms. The van der Waals surface area contributed by atoms with E-state index in [-0.39, 0.29) is 17.3 Å². The van der Waals surface area contributed by atoms with Crippen molar-refractivity contribution >= 4 is 11.6 Å². The molecule has 0 unspecified atom stereocenters. The van der Waals surface area contributed by atoms with Gasteiger partial charge in [0.2, 0.25) is 0 Å². The van der Waals surface area contributed by atoms with Crippen molar-refractivity contribution in [2.45, 2.75) is 0 Å². The summed E-state index contributed by atoms with van der Waals surface area (Å²) in [6, 6.07) is 1.17. The minimum absolute atomic E-state index is 0.0172. The van der Waals surface area contributed by atoms with Crippen LogP contribution in [0.4, 0.5) is 4.39 Å². The summed E-state index contributed by atoms with van der Waals surface area (Å²) < 4.78 is 12.7. The highest BCUT2D eigenvalue weighted by Crippen LogP contribution is 2.11. The fourth-order valence-electron chi connectivity index (χ4n) is 0.712. The van der Waals surface area contributed by atoms with Crippen LogP contribution < -0.4 is 0 Å². The minimum Gasteiger partial charge on any atom is -0.240 e. The standard InChI is InChI=1S/C8H4ClFN4/c9-8-6(2-1-3-13-14-11)4-7(10)5-12-8/h4-5H,3H2. The van der Waals surface area contributed by atoms with Gasteiger partial charge in [-0.05, 0) is 11.6 Å².